The second kappa shape index (κ2) is 6.30. The van der Waals surface area contributed by atoms with Gasteiger partial charge >= 0.3 is 5.63 Å². The average Bonchev–Trinajstić information content (AvgIpc) is 2.44. The molecule has 0 radical (unpaired) electrons. The number of nitrogens with one attached hydrogen (secondary N) is 1. The van der Waals surface area contributed by atoms with Gasteiger partial charge in [0.25, 0.3) is 5.91 Å². The number of benzene rings is 1. The van der Waals surface area contributed by atoms with Gasteiger partial charge in [0.1, 0.15) is 11.3 Å². The summed E-state index contributed by atoms with van der Waals surface area (Å²) in [5.41, 5.74) is 0.659. The summed E-state index contributed by atoms with van der Waals surface area (Å²) >= 11 is 0. The monoisotopic (exact) mass is 304 g/mol. The Labute approximate surface area is 125 Å². The smallest absolute Gasteiger partial charge is 0.336 e. The molecular weight excluding hydrogens is 290 g/mol. The minimum absolute atomic E-state index is 0.331. The number of fused-ring (bicyclic) bond motifs is 1. The number of rotatable bonds is 5. The molecule has 0 aliphatic rings. The molecule has 1 atom stereocenters. The molecule has 0 bridgehead atoms. The van der Waals surface area contributed by atoms with Crippen molar-refractivity contribution in [3.63, 3.8) is 0 Å². The number of carboxylic acids is 1. The molecule has 0 fully saturated rings. The highest BCUT2D eigenvalue weighted by atomic mass is 16.5. The average molecular weight is 304 g/mol. The van der Waals surface area contributed by atoms with Crippen LogP contribution in [0.5, 0.6) is 5.75 Å². The van der Waals surface area contributed by atoms with Gasteiger partial charge in [-0.2, -0.15) is 0 Å². The standard InChI is InChI=1S/C15H15NO6/c1-8-5-14(18)22-12-6-10(3-4-11(8)12)21-7-13(17)16-9(2)15(19)20/h3-6,9H,7H2,1-2H3,(H,16,17)(H,19,20)/p-1. The first-order chi connectivity index (χ1) is 10.4. The first-order valence-electron chi connectivity index (χ1n) is 6.54. The maximum absolute atomic E-state index is 11.5. The van der Waals surface area contributed by atoms with Crippen LogP contribution in [0, 0.1) is 6.92 Å². The zero-order valence-electron chi connectivity index (χ0n) is 12.0. The van der Waals surface area contributed by atoms with Crippen LogP contribution in [0.3, 0.4) is 0 Å². The third kappa shape index (κ3) is 3.63. The summed E-state index contributed by atoms with van der Waals surface area (Å²) < 4.78 is 10.3. The quantitative estimate of drug-likeness (QED) is 0.762. The van der Waals surface area contributed by atoms with Gasteiger partial charge in [-0.25, -0.2) is 4.79 Å². The van der Waals surface area contributed by atoms with Gasteiger partial charge < -0.3 is 24.4 Å². The van der Waals surface area contributed by atoms with E-state index in [1.165, 1.54) is 19.1 Å². The van der Waals surface area contributed by atoms with Crippen LogP contribution in [0.25, 0.3) is 11.0 Å². The molecule has 1 aromatic carbocycles. The lowest BCUT2D eigenvalue weighted by molar-refractivity contribution is -0.307. The Morgan fingerprint density at radius 2 is 2.09 bits per heavy atom. The summed E-state index contributed by atoms with van der Waals surface area (Å²) in [6.07, 6.45) is 0. The second-order valence-electron chi connectivity index (χ2n) is 4.80. The number of aryl methyl sites for hydroxylation is 1. The first-order valence-corrected chi connectivity index (χ1v) is 6.54. The Balaban J connectivity index is 2.08. The van der Waals surface area contributed by atoms with Gasteiger partial charge in [-0.3, -0.25) is 4.79 Å². The topological polar surface area (TPSA) is 109 Å². The molecule has 0 aliphatic heterocycles. The Morgan fingerprint density at radius 3 is 2.77 bits per heavy atom. The first kappa shape index (κ1) is 15.6. The van der Waals surface area contributed by atoms with Crippen molar-refractivity contribution in [1.82, 2.24) is 5.32 Å². The number of aliphatic carboxylic acids is 1. The molecule has 1 amide bonds. The lowest BCUT2D eigenvalue weighted by atomic mass is 10.1. The van der Waals surface area contributed by atoms with E-state index in [4.69, 9.17) is 9.15 Å². The summed E-state index contributed by atoms with van der Waals surface area (Å²) in [5.74, 6) is -1.64. The molecule has 0 saturated carbocycles. The Kier molecular flexibility index (Phi) is 4.45. The third-order valence-electron chi connectivity index (χ3n) is 3.02. The molecular formula is C15H14NO6-. The molecule has 2 rings (SSSR count). The maximum Gasteiger partial charge on any atom is 0.336 e. The summed E-state index contributed by atoms with van der Waals surface area (Å²) in [5, 5.41) is 13.5. The van der Waals surface area contributed by atoms with E-state index in [1.54, 1.807) is 19.1 Å². The number of ether oxygens (including phenoxy) is 1. The van der Waals surface area contributed by atoms with Crippen molar-refractivity contribution in [3.05, 3.63) is 40.2 Å². The van der Waals surface area contributed by atoms with Crippen LogP contribution in [-0.4, -0.2) is 24.5 Å². The zero-order chi connectivity index (χ0) is 16.3. The number of hydrogen-bond donors (Lipinski definition) is 1. The highest BCUT2D eigenvalue weighted by Gasteiger charge is 2.09. The van der Waals surface area contributed by atoms with Crippen LogP contribution < -0.4 is 20.8 Å². The largest absolute Gasteiger partial charge is 0.548 e. The highest BCUT2D eigenvalue weighted by molar-refractivity contribution is 5.84. The zero-order valence-corrected chi connectivity index (χ0v) is 12.0. The van der Waals surface area contributed by atoms with E-state index >= 15 is 0 Å². The van der Waals surface area contributed by atoms with E-state index in [9.17, 15) is 19.5 Å². The van der Waals surface area contributed by atoms with Crippen molar-refractivity contribution in [1.29, 1.82) is 0 Å². The molecule has 22 heavy (non-hydrogen) atoms. The van der Waals surface area contributed by atoms with E-state index in [1.807, 2.05) is 0 Å². The molecule has 0 spiro atoms. The van der Waals surface area contributed by atoms with Gasteiger partial charge in [0.15, 0.2) is 6.61 Å². The van der Waals surface area contributed by atoms with E-state index in [0.29, 0.717) is 11.3 Å². The number of carbonyl (C=O) groups excluding carboxylic acids is 2. The second-order valence-corrected chi connectivity index (χ2v) is 4.80. The third-order valence-corrected chi connectivity index (χ3v) is 3.02. The van der Waals surface area contributed by atoms with Gasteiger partial charge in [0.05, 0.1) is 12.0 Å². The van der Waals surface area contributed by atoms with Crippen LogP contribution in [0.15, 0.2) is 33.5 Å². The van der Waals surface area contributed by atoms with Crippen molar-refractivity contribution in [2.45, 2.75) is 19.9 Å². The molecule has 2 aromatic rings. The normalized spacial score (nSPS) is 11.9. The minimum Gasteiger partial charge on any atom is -0.548 e. The molecule has 0 saturated heterocycles. The van der Waals surface area contributed by atoms with Gasteiger partial charge in [-0.15, -0.1) is 0 Å². The van der Waals surface area contributed by atoms with E-state index < -0.39 is 23.5 Å². The van der Waals surface area contributed by atoms with Crippen molar-refractivity contribution < 1.29 is 23.8 Å². The van der Waals surface area contributed by atoms with Crippen LogP contribution in [0.4, 0.5) is 0 Å². The number of carbonyl (C=O) groups is 2. The summed E-state index contributed by atoms with van der Waals surface area (Å²) in [6, 6.07) is 5.13. The summed E-state index contributed by atoms with van der Waals surface area (Å²) in [7, 11) is 0. The lowest BCUT2D eigenvalue weighted by Gasteiger charge is -2.14. The van der Waals surface area contributed by atoms with Crippen molar-refractivity contribution in [2.24, 2.45) is 0 Å². The van der Waals surface area contributed by atoms with E-state index in [2.05, 4.69) is 5.32 Å². The van der Waals surface area contributed by atoms with E-state index in [0.717, 1.165) is 10.9 Å². The SMILES string of the molecule is Cc1cc(=O)oc2cc(OCC(=O)NC(C)C(=O)[O-])ccc12. The number of hydrogen-bond acceptors (Lipinski definition) is 6. The summed E-state index contributed by atoms with van der Waals surface area (Å²) in [6.45, 7) is 2.72. The molecule has 1 heterocycles. The van der Waals surface area contributed by atoms with Crippen molar-refractivity contribution >= 4 is 22.8 Å². The van der Waals surface area contributed by atoms with E-state index in [-0.39, 0.29) is 6.61 Å². The molecule has 1 N–H and O–H groups in total. The van der Waals surface area contributed by atoms with Gasteiger partial charge in [-0.1, -0.05) is 0 Å². The molecule has 1 unspecified atom stereocenters. The minimum atomic E-state index is -1.38. The molecule has 116 valence electrons. The fraction of sp³-hybridized carbons (Fsp3) is 0.267. The van der Waals surface area contributed by atoms with Crippen LogP contribution >= 0.6 is 0 Å². The fourth-order valence-electron chi connectivity index (χ4n) is 1.89. The maximum atomic E-state index is 11.5. The van der Waals surface area contributed by atoms with Crippen LogP contribution in [-0.2, 0) is 9.59 Å². The Bertz CT molecular complexity index is 779. The van der Waals surface area contributed by atoms with Gasteiger partial charge in [0, 0.05) is 17.5 Å². The highest BCUT2D eigenvalue weighted by Crippen LogP contribution is 2.22. The fourth-order valence-corrected chi connectivity index (χ4v) is 1.89. The number of amides is 1. The molecule has 7 heteroatoms. The molecule has 1 aromatic heterocycles. The van der Waals surface area contributed by atoms with Crippen LogP contribution in [0.2, 0.25) is 0 Å². The Morgan fingerprint density at radius 1 is 1.36 bits per heavy atom. The summed E-state index contributed by atoms with van der Waals surface area (Å²) in [4.78, 5) is 33.3. The predicted octanol–water partition coefficient (Wildman–Crippen LogP) is -0.265. The van der Waals surface area contributed by atoms with Crippen LogP contribution in [0.1, 0.15) is 12.5 Å². The lowest BCUT2D eigenvalue weighted by Crippen LogP contribution is -2.47. The van der Waals surface area contributed by atoms with Gasteiger partial charge in [0.2, 0.25) is 0 Å². The molecule has 0 aliphatic carbocycles. The van der Waals surface area contributed by atoms with Crippen molar-refractivity contribution in [2.75, 3.05) is 6.61 Å². The Hall–Kier alpha value is -2.83. The predicted molar refractivity (Wildman–Crippen MR) is 75.3 cm³/mol. The van der Waals surface area contributed by atoms with Crippen molar-refractivity contribution in [3.8, 4) is 5.75 Å². The molecule has 7 nitrogen and oxygen atoms in total. The van der Waals surface area contributed by atoms with Gasteiger partial charge in [-0.05, 0) is 31.5 Å². The number of carboxylic acid groups (broad SMARTS) is 1.